The van der Waals surface area contributed by atoms with Crippen LogP contribution in [-0.4, -0.2) is 159 Å². The van der Waals surface area contributed by atoms with Crippen molar-refractivity contribution in [1.29, 1.82) is 0 Å². The van der Waals surface area contributed by atoms with Crippen molar-refractivity contribution >= 4 is 5.97 Å². The fraction of sp³-hybridized carbons (Fsp3) is 0.681. The summed E-state index contributed by atoms with van der Waals surface area (Å²) in [6.07, 6.45) is 8.44. The third-order valence-electron chi connectivity index (χ3n) is 11.5. The molecule has 0 unspecified atom stereocenters. The molecule has 0 aromatic heterocycles. The minimum Gasteiger partial charge on any atom is -0.462 e. The van der Waals surface area contributed by atoms with Crippen LogP contribution in [0.15, 0.2) is 85.1 Å². The third-order valence-corrected chi connectivity index (χ3v) is 11.5. The van der Waals surface area contributed by atoms with E-state index < -0.39 is 135 Å². The largest absolute Gasteiger partial charge is 0.462 e. The number of rotatable bonds is 3. The summed E-state index contributed by atoms with van der Waals surface area (Å²) in [5.41, 5.74) is 0. The summed E-state index contributed by atoms with van der Waals surface area (Å²) in [5.74, 6) is -4.95. The minimum atomic E-state index is -2.64. The van der Waals surface area contributed by atoms with Crippen LogP contribution in [-0.2, 0) is 19.0 Å². The normalized spacial score (nSPS) is 42.3. The number of aliphatic hydroxyl groups excluding tert-OH is 10. The number of allylic oxidation sites excluding steroid dienone is 12. The lowest BCUT2D eigenvalue weighted by atomic mass is 9.88. The van der Waals surface area contributed by atoms with Gasteiger partial charge in [-0.1, -0.05) is 98.9 Å². The van der Waals surface area contributed by atoms with Gasteiger partial charge in [-0.15, -0.1) is 0 Å². The van der Waals surface area contributed by atoms with Crippen LogP contribution in [0.25, 0.3) is 0 Å². The number of ether oxygens (including phenoxy) is 3. The van der Waals surface area contributed by atoms with Crippen LogP contribution < -0.4 is 0 Å². The monoisotopic (exact) mass is 897 g/mol. The number of carbonyl (C=O) groups is 1. The summed E-state index contributed by atoms with van der Waals surface area (Å²) in [4.78, 5) is 12.6. The summed E-state index contributed by atoms with van der Waals surface area (Å²) in [6, 6.07) is 0. The molecular formula is C47H76O16. The highest BCUT2D eigenvalue weighted by Gasteiger charge is 2.37. The molecule has 0 radical (unpaired) electrons. The Kier molecular flexibility index (Phi) is 26.4. The van der Waals surface area contributed by atoms with E-state index in [1.54, 1.807) is 57.2 Å². The topological polar surface area (TPSA) is 288 Å². The Bertz CT molecular complexity index is 1490. The lowest BCUT2D eigenvalue weighted by molar-refractivity contribution is -0.270. The molecule has 16 heteroatoms. The van der Waals surface area contributed by atoms with Crippen LogP contribution in [0.3, 0.4) is 0 Å². The lowest BCUT2D eigenvalue weighted by Gasteiger charge is -2.37. The van der Waals surface area contributed by atoms with Crippen LogP contribution in [0.1, 0.15) is 91.9 Å². The smallest absolute Gasteiger partial charge is 0.308 e. The predicted octanol–water partition coefficient (Wildman–Crippen LogP) is 1.67. The number of hydrogen-bond acceptors (Lipinski definition) is 16. The molecule has 0 aliphatic carbocycles. The second kappa shape index (κ2) is 29.6. The van der Waals surface area contributed by atoms with E-state index >= 15 is 0 Å². The van der Waals surface area contributed by atoms with Crippen molar-refractivity contribution in [3.05, 3.63) is 85.1 Å². The van der Waals surface area contributed by atoms with E-state index in [0.717, 1.165) is 0 Å². The second-order valence-corrected chi connectivity index (χ2v) is 17.2. The molecule has 16 nitrogen and oxygen atoms in total. The molecule has 1 fully saturated rings. The summed E-state index contributed by atoms with van der Waals surface area (Å²) in [5, 5.41) is 127. The zero-order valence-corrected chi connectivity index (χ0v) is 37.1. The SMILES string of the molecule is C[C@@H]1[C@H](O)[C@@H](C)/C=C/C=C/C=C/C=C/C=C/C=C/C=C/[C@H](O[C@@H]2O[C@H](C)[C@@H](O)C[C@@H]2O)CC[C@H](CO)[C@@H](O)CC(O)(O)C[C@@H](O)C[C@@H](O)[C@H](O)CC[C@@H](O)C[C@@H](O)CC(=O)O[C@H]1C. The number of hydrogen-bond donors (Lipinski definition) is 12. The van der Waals surface area contributed by atoms with Gasteiger partial charge in [0.15, 0.2) is 12.1 Å². The molecule has 1 saturated heterocycles. The molecule has 0 aromatic rings. The van der Waals surface area contributed by atoms with Gasteiger partial charge in [-0.2, -0.15) is 0 Å². The van der Waals surface area contributed by atoms with E-state index in [4.69, 9.17) is 14.2 Å². The van der Waals surface area contributed by atoms with Crippen molar-refractivity contribution in [1.82, 2.24) is 0 Å². The van der Waals surface area contributed by atoms with Gasteiger partial charge in [0.05, 0.1) is 67.5 Å². The fourth-order valence-electron chi connectivity index (χ4n) is 7.28. The van der Waals surface area contributed by atoms with Crippen molar-refractivity contribution in [3.8, 4) is 0 Å². The van der Waals surface area contributed by atoms with Crippen LogP contribution >= 0.6 is 0 Å². The maximum absolute atomic E-state index is 12.6. The van der Waals surface area contributed by atoms with E-state index in [1.807, 2.05) is 55.5 Å². The molecule has 0 amide bonds. The molecule has 0 spiro atoms. The van der Waals surface area contributed by atoms with Crippen LogP contribution in [0.4, 0.5) is 0 Å². The number of carbonyl (C=O) groups excluding carboxylic acids is 1. The quantitative estimate of drug-likeness (QED) is 0.142. The molecule has 0 aromatic carbocycles. The first-order chi connectivity index (χ1) is 29.7. The number of cyclic esters (lactones) is 1. The molecule has 0 saturated carbocycles. The highest BCUT2D eigenvalue weighted by Crippen LogP contribution is 2.28. The number of esters is 1. The lowest BCUT2D eigenvalue weighted by Crippen LogP contribution is -2.48. The first-order valence-corrected chi connectivity index (χ1v) is 22.1. The van der Waals surface area contributed by atoms with Crippen LogP contribution in [0.2, 0.25) is 0 Å². The highest BCUT2D eigenvalue weighted by molar-refractivity contribution is 5.70. The second-order valence-electron chi connectivity index (χ2n) is 17.2. The zero-order valence-electron chi connectivity index (χ0n) is 37.1. The van der Waals surface area contributed by atoms with Gasteiger partial charge < -0.3 is 75.5 Å². The zero-order chi connectivity index (χ0) is 47.1. The molecule has 16 atom stereocenters. The molecule has 2 aliphatic heterocycles. The summed E-state index contributed by atoms with van der Waals surface area (Å²) in [7, 11) is 0. The average molecular weight is 897 g/mol. The van der Waals surface area contributed by atoms with E-state index in [9.17, 15) is 66.1 Å². The molecule has 360 valence electrons. The Hall–Kier alpha value is -2.91. The van der Waals surface area contributed by atoms with E-state index in [2.05, 4.69) is 0 Å². The van der Waals surface area contributed by atoms with Gasteiger partial charge >= 0.3 is 5.97 Å². The van der Waals surface area contributed by atoms with Gasteiger partial charge in [-0.3, -0.25) is 4.79 Å². The Morgan fingerprint density at radius 3 is 1.75 bits per heavy atom. The van der Waals surface area contributed by atoms with E-state index in [-0.39, 0.29) is 44.4 Å². The van der Waals surface area contributed by atoms with Crippen molar-refractivity contribution in [2.75, 3.05) is 6.61 Å². The minimum absolute atomic E-state index is 0.0374. The van der Waals surface area contributed by atoms with Crippen molar-refractivity contribution < 1.29 is 80.3 Å². The van der Waals surface area contributed by atoms with Gasteiger partial charge in [0, 0.05) is 50.0 Å². The molecule has 12 N–H and O–H groups in total. The van der Waals surface area contributed by atoms with Crippen LogP contribution in [0, 0.1) is 17.8 Å². The molecular weight excluding hydrogens is 821 g/mol. The van der Waals surface area contributed by atoms with Gasteiger partial charge in [-0.25, -0.2) is 0 Å². The summed E-state index contributed by atoms with van der Waals surface area (Å²) >= 11 is 0. The molecule has 2 aliphatic rings. The van der Waals surface area contributed by atoms with Gasteiger partial charge in [0.2, 0.25) is 0 Å². The Labute approximate surface area is 372 Å². The van der Waals surface area contributed by atoms with Crippen molar-refractivity contribution in [2.45, 2.75) is 177 Å². The fourth-order valence-corrected chi connectivity index (χ4v) is 7.28. The van der Waals surface area contributed by atoms with E-state index in [1.165, 1.54) is 0 Å². The molecule has 63 heavy (non-hydrogen) atoms. The van der Waals surface area contributed by atoms with Crippen LogP contribution in [0.5, 0.6) is 0 Å². The summed E-state index contributed by atoms with van der Waals surface area (Å²) in [6.45, 7) is 6.35. The molecule has 2 rings (SSSR count). The Morgan fingerprint density at radius 1 is 0.587 bits per heavy atom. The van der Waals surface area contributed by atoms with E-state index in [0.29, 0.717) is 0 Å². The maximum Gasteiger partial charge on any atom is 0.308 e. The standard InChI is InChI=1S/C47H76O16/c1-30-17-15-13-11-9-7-5-6-8-10-12-14-16-18-38(63-46-42(55)26-40(53)33(4)62-46)21-19-34(29-48)43(56)28-47(59,60)27-37(51)24-41(54)39(52)22-20-35(49)23-36(50)25-44(57)61-32(3)31(2)45(30)58/h5-18,30-43,45-46,48-56,58-60H,19-29H2,1-4H3/b6-5+,9-7+,10-8+,13-11+,14-12+,17-15+,18-16+/t30-,31-,32-,33+,34+,35+,36+,37-,38-,39+,40-,41+,42-,43-,45+,46-/m0/s1. The van der Waals surface area contributed by atoms with Gasteiger partial charge in [0.1, 0.15) is 12.2 Å². The van der Waals surface area contributed by atoms with Crippen molar-refractivity contribution in [2.24, 2.45) is 17.8 Å². The maximum atomic E-state index is 12.6. The Balaban J connectivity index is 2.23. The third kappa shape index (κ3) is 22.7. The first kappa shape index (κ1) is 56.2. The average Bonchev–Trinajstić information content (AvgIpc) is 3.20. The van der Waals surface area contributed by atoms with Gasteiger partial charge in [0.25, 0.3) is 0 Å². The predicted molar refractivity (Wildman–Crippen MR) is 235 cm³/mol. The van der Waals surface area contributed by atoms with Gasteiger partial charge in [-0.05, 0) is 46.0 Å². The first-order valence-electron chi connectivity index (χ1n) is 22.1. The molecule has 0 bridgehead atoms. The Morgan fingerprint density at radius 2 is 1.16 bits per heavy atom. The highest BCUT2D eigenvalue weighted by atomic mass is 16.7. The molecule has 2 heterocycles. The summed E-state index contributed by atoms with van der Waals surface area (Å²) < 4.78 is 17.2. The number of aliphatic hydroxyl groups is 12. The van der Waals surface area contributed by atoms with Crippen molar-refractivity contribution in [3.63, 3.8) is 0 Å².